The summed E-state index contributed by atoms with van der Waals surface area (Å²) in [6, 6.07) is 0.126. The number of nitrogens with zero attached hydrogens (tertiary/aromatic N) is 2. The van der Waals surface area contributed by atoms with Gasteiger partial charge in [0.2, 0.25) is 0 Å². The van der Waals surface area contributed by atoms with E-state index in [0.717, 1.165) is 30.9 Å². The lowest BCUT2D eigenvalue weighted by Crippen LogP contribution is -2.41. The first kappa shape index (κ1) is 14.1. The second-order valence-electron chi connectivity index (χ2n) is 6.62. The molecule has 0 unspecified atom stereocenters. The third-order valence-corrected chi connectivity index (χ3v) is 4.17. The predicted molar refractivity (Wildman–Crippen MR) is 76.3 cm³/mol. The molecule has 19 heavy (non-hydrogen) atoms. The topological polar surface area (TPSA) is 46.9 Å². The van der Waals surface area contributed by atoms with Gasteiger partial charge in [0.05, 0.1) is 5.69 Å². The van der Waals surface area contributed by atoms with Crippen molar-refractivity contribution in [2.24, 2.45) is 5.41 Å². The number of rotatable bonds is 2. The van der Waals surface area contributed by atoms with Crippen LogP contribution in [0.4, 0.5) is 0 Å². The Hall–Kier alpha value is -1.32. The zero-order valence-electron chi connectivity index (χ0n) is 12.7. The number of amides is 1. The first-order valence-electron chi connectivity index (χ1n) is 7.17. The zero-order chi connectivity index (χ0) is 14.2. The van der Waals surface area contributed by atoms with Crippen molar-refractivity contribution in [3.05, 3.63) is 17.2 Å². The van der Waals surface area contributed by atoms with E-state index in [1.807, 2.05) is 13.8 Å². The summed E-state index contributed by atoms with van der Waals surface area (Å²) in [6.45, 7) is 11.4. The van der Waals surface area contributed by atoms with Crippen molar-refractivity contribution >= 4 is 5.91 Å². The number of fused-ring (bicyclic) bond motifs is 1. The summed E-state index contributed by atoms with van der Waals surface area (Å²) in [4.78, 5) is 16.9. The maximum Gasteiger partial charge on any atom is 0.272 e. The Bertz CT molecular complexity index is 482. The molecule has 1 aliphatic rings. The van der Waals surface area contributed by atoms with Crippen LogP contribution in [0.5, 0.6) is 0 Å². The van der Waals surface area contributed by atoms with E-state index in [9.17, 15) is 4.79 Å². The van der Waals surface area contributed by atoms with E-state index in [1.165, 1.54) is 6.42 Å². The van der Waals surface area contributed by atoms with Gasteiger partial charge in [-0.15, -0.1) is 0 Å². The Balaban J connectivity index is 2.21. The Morgan fingerprint density at radius 2 is 2.05 bits per heavy atom. The molecule has 106 valence electrons. The number of hydrogen-bond donors (Lipinski definition) is 1. The van der Waals surface area contributed by atoms with Crippen molar-refractivity contribution in [1.29, 1.82) is 0 Å². The van der Waals surface area contributed by atoms with E-state index in [4.69, 9.17) is 0 Å². The fourth-order valence-corrected chi connectivity index (χ4v) is 2.39. The molecular formula is C15H25N3O. The summed E-state index contributed by atoms with van der Waals surface area (Å²) in [6.07, 6.45) is 3.30. The van der Waals surface area contributed by atoms with Crippen LogP contribution in [-0.4, -0.2) is 21.5 Å². The average Bonchev–Trinajstić information content (AvgIpc) is 2.66. The molecule has 1 atom stereocenters. The minimum atomic E-state index is -0.0267. The molecule has 2 heterocycles. The first-order chi connectivity index (χ1) is 8.80. The summed E-state index contributed by atoms with van der Waals surface area (Å²) in [7, 11) is 0. The fourth-order valence-electron chi connectivity index (χ4n) is 2.39. The smallest absolute Gasteiger partial charge is 0.272 e. The van der Waals surface area contributed by atoms with Crippen molar-refractivity contribution in [1.82, 2.24) is 14.9 Å². The van der Waals surface area contributed by atoms with Gasteiger partial charge in [-0.3, -0.25) is 4.79 Å². The van der Waals surface area contributed by atoms with E-state index in [0.29, 0.717) is 5.69 Å². The summed E-state index contributed by atoms with van der Waals surface area (Å²) < 4.78 is 2.19. The normalized spacial score (nSPS) is 16.9. The molecule has 1 N–H and O–H groups in total. The Morgan fingerprint density at radius 3 is 2.68 bits per heavy atom. The number of carbonyl (C=O) groups excluding carboxylic acids is 1. The van der Waals surface area contributed by atoms with Crippen LogP contribution in [0.3, 0.4) is 0 Å². The third kappa shape index (κ3) is 2.82. The number of carbonyl (C=O) groups is 1. The Morgan fingerprint density at radius 1 is 1.37 bits per heavy atom. The van der Waals surface area contributed by atoms with Gasteiger partial charge in [-0.2, -0.15) is 0 Å². The summed E-state index contributed by atoms with van der Waals surface area (Å²) in [5.41, 5.74) is 1.81. The Labute approximate surface area is 115 Å². The molecule has 4 heteroatoms. The lowest BCUT2D eigenvalue weighted by molar-refractivity contribution is 0.0904. The second kappa shape index (κ2) is 4.99. The summed E-state index contributed by atoms with van der Waals surface area (Å²) in [5, 5.41) is 3.08. The highest BCUT2D eigenvalue weighted by Gasteiger charge is 2.26. The lowest BCUT2D eigenvalue weighted by Gasteiger charge is -2.28. The van der Waals surface area contributed by atoms with E-state index in [1.54, 1.807) is 0 Å². The van der Waals surface area contributed by atoms with Gasteiger partial charge in [-0.25, -0.2) is 4.98 Å². The van der Waals surface area contributed by atoms with Gasteiger partial charge in [0.1, 0.15) is 11.5 Å². The van der Waals surface area contributed by atoms with Crippen molar-refractivity contribution in [3.8, 4) is 0 Å². The zero-order valence-corrected chi connectivity index (χ0v) is 12.7. The van der Waals surface area contributed by atoms with Crippen LogP contribution in [-0.2, 0) is 13.0 Å². The monoisotopic (exact) mass is 263 g/mol. The lowest BCUT2D eigenvalue weighted by atomic mass is 9.88. The summed E-state index contributed by atoms with van der Waals surface area (Å²) >= 11 is 0. The van der Waals surface area contributed by atoms with E-state index < -0.39 is 0 Å². The molecular weight excluding hydrogens is 238 g/mol. The highest BCUT2D eigenvalue weighted by Crippen LogP contribution is 2.22. The van der Waals surface area contributed by atoms with Crippen molar-refractivity contribution in [3.63, 3.8) is 0 Å². The molecule has 1 aliphatic heterocycles. The Kier molecular flexibility index (Phi) is 3.70. The van der Waals surface area contributed by atoms with Crippen molar-refractivity contribution in [2.45, 2.75) is 66.5 Å². The molecule has 0 saturated heterocycles. The van der Waals surface area contributed by atoms with Crippen LogP contribution < -0.4 is 5.32 Å². The standard InChI is InChI=1S/C15H25N3O/c1-10(15(3,4)5)16-14(19)13-12-8-6-7-9-18(12)11(2)17-13/h10H,6-9H2,1-5H3,(H,16,19)/t10-/m0/s1. The van der Waals surface area contributed by atoms with Gasteiger partial charge in [0.25, 0.3) is 5.91 Å². The largest absolute Gasteiger partial charge is 0.348 e. The SMILES string of the molecule is Cc1nc(C(=O)N[C@@H](C)C(C)(C)C)c2n1CCCC2. The highest BCUT2D eigenvalue weighted by molar-refractivity contribution is 5.93. The molecule has 4 nitrogen and oxygen atoms in total. The molecule has 1 aromatic rings. The van der Waals surface area contributed by atoms with Crippen molar-refractivity contribution in [2.75, 3.05) is 0 Å². The minimum absolute atomic E-state index is 0.0267. The first-order valence-corrected chi connectivity index (χ1v) is 7.17. The molecule has 0 fully saturated rings. The van der Waals surface area contributed by atoms with Gasteiger partial charge < -0.3 is 9.88 Å². The summed E-state index contributed by atoms with van der Waals surface area (Å²) in [5.74, 6) is 0.935. The molecule has 0 saturated carbocycles. The van der Waals surface area contributed by atoms with Gasteiger partial charge in [0, 0.05) is 12.6 Å². The van der Waals surface area contributed by atoms with Crippen molar-refractivity contribution < 1.29 is 4.79 Å². The van der Waals surface area contributed by atoms with Crippen LogP contribution >= 0.6 is 0 Å². The molecule has 2 rings (SSSR count). The van der Waals surface area contributed by atoms with Gasteiger partial charge >= 0.3 is 0 Å². The average molecular weight is 263 g/mol. The predicted octanol–water partition coefficient (Wildman–Crippen LogP) is 2.69. The van der Waals surface area contributed by atoms with E-state index >= 15 is 0 Å². The molecule has 0 bridgehead atoms. The second-order valence-corrected chi connectivity index (χ2v) is 6.62. The van der Waals surface area contributed by atoms with Gasteiger partial charge in [-0.1, -0.05) is 20.8 Å². The maximum atomic E-state index is 12.4. The van der Waals surface area contributed by atoms with Crippen LogP contribution in [0.25, 0.3) is 0 Å². The maximum absolute atomic E-state index is 12.4. The molecule has 0 radical (unpaired) electrons. The molecule has 1 amide bonds. The number of imidazole rings is 1. The minimum Gasteiger partial charge on any atom is -0.348 e. The van der Waals surface area contributed by atoms with E-state index in [2.05, 4.69) is 35.6 Å². The van der Waals surface area contributed by atoms with Crippen LogP contribution in [0.1, 0.15) is 62.5 Å². The molecule has 0 aliphatic carbocycles. The van der Waals surface area contributed by atoms with E-state index in [-0.39, 0.29) is 17.4 Å². The number of nitrogens with one attached hydrogen (secondary N) is 1. The fraction of sp³-hybridized carbons (Fsp3) is 0.733. The molecule has 0 aromatic carbocycles. The van der Waals surface area contributed by atoms with Crippen LogP contribution in [0.15, 0.2) is 0 Å². The number of aromatic nitrogens is 2. The van der Waals surface area contributed by atoms with Gasteiger partial charge in [-0.05, 0) is 38.5 Å². The highest BCUT2D eigenvalue weighted by atomic mass is 16.2. The number of aryl methyl sites for hydroxylation is 1. The van der Waals surface area contributed by atoms with Crippen LogP contribution in [0.2, 0.25) is 0 Å². The molecule has 1 aromatic heterocycles. The third-order valence-electron chi connectivity index (χ3n) is 4.17. The molecule has 0 spiro atoms. The van der Waals surface area contributed by atoms with Gasteiger partial charge in [0.15, 0.2) is 0 Å². The number of hydrogen-bond acceptors (Lipinski definition) is 2. The quantitative estimate of drug-likeness (QED) is 0.891. The van der Waals surface area contributed by atoms with Crippen LogP contribution in [0, 0.1) is 12.3 Å².